The lowest BCUT2D eigenvalue weighted by atomic mass is 10.1. The van der Waals surface area contributed by atoms with Crippen molar-refractivity contribution in [3.8, 4) is 0 Å². The van der Waals surface area contributed by atoms with Crippen LogP contribution in [0.25, 0.3) is 11.0 Å². The van der Waals surface area contributed by atoms with Crippen molar-refractivity contribution in [2.24, 2.45) is 0 Å². The minimum atomic E-state index is 0.936. The van der Waals surface area contributed by atoms with Crippen LogP contribution in [0.5, 0.6) is 0 Å². The molecule has 4 rings (SSSR count). The molecule has 0 aromatic carbocycles. The van der Waals surface area contributed by atoms with Crippen molar-refractivity contribution in [2.75, 3.05) is 6.54 Å². The molecule has 0 saturated heterocycles. The average molecular weight is 278 g/mol. The average Bonchev–Trinajstić information content (AvgIpc) is 2.88. The second kappa shape index (κ2) is 5.30. The Labute approximate surface area is 123 Å². The molecule has 0 atom stereocenters. The normalized spacial score (nSPS) is 14.3. The van der Waals surface area contributed by atoms with E-state index in [-0.39, 0.29) is 0 Å². The second-order valence-electron chi connectivity index (χ2n) is 5.48. The van der Waals surface area contributed by atoms with Gasteiger partial charge in [0.1, 0.15) is 0 Å². The molecule has 4 nitrogen and oxygen atoms in total. The molecular formula is C17H18N4. The summed E-state index contributed by atoms with van der Waals surface area (Å²) in [7, 11) is 0. The molecule has 0 spiro atoms. The topological polar surface area (TPSA) is 42.7 Å². The molecule has 0 saturated carbocycles. The molecule has 3 aromatic heterocycles. The molecule has 1 aliphatic heterocycles. The summed E-state index contributed by atoms with van der Waals surface area (Å²) >= 11 is 0. The van der Waals surface area contributed by atoms with Crippen LogP contribution in [0, 0.1) is 0 Å². The highest BCUT2D eigenvalue weighted by molar-refractivity contribution is 5.81. The Bertz CT molecular complexity index is 761. The summed E-state index contributed by atoms with van der Waals surface area (Å²) < 4.78 is 2.46. The first-order chi connectivity index (χ1) is 10.4. The van der Waals surface area contributed by atoms with E-state index in [4.69, 9.17) is 0 Å². The lowest BCUT2D eigenvalue weighted by molar-refractivity contribution is 0.594. The maximum Gasteiger partial charge on any atom is 0.0928 e. The number of pyridine rings is 2. The zero-order valence-electron chi connectivity index (χ0n) is 11.9. The molecule has 0 unspecified atom stereocenters. The van der Waals surface area contributed by atoms with Crippen LogP contribution in [-0.2, 0) is 25.9 Å². The Balaban J connectivity index is 1.74. The van der Waals surface area contributed by atoms with Gasteiger partial charge in [-0.25, -0.2) is 0 Å². The predicted octanol–water partition coefficient (Wildman–Crippen LogP) is 2.32. The number of nitrogens with one attached hydrogen (secondary N) is 1. The molecule has 1 aliphatic rings. The van der Waals surface area contributed by atoms with E-state index >= 15 is 0 Å². The number of fused-ring (bicyclic) bond motifs is 3. The van der Waals surface area contributed by atoms with Gasteiger partial charge in [-0.3, -0.25) is 9.97 Å². The van der Waals surface area contributed by atoms with Crippen LogP contribution in [-0.4, -0.2) is 21.1 Å². The van der Waals surface area contributed by atoms with Gasteiger partial charge < -0.3 is 9.88 Å². The van der Waals surface area contributed by atoms with Crippen LogP contribution in [0.15, 0.2) is 42.9 Å². The molecule has 0 aliphatic carbocycles. The Kier molecular flexibility index (Phi) is 3.16. The van der Waals surface area contributed by atoms with Crippen LogP contribution in [0.4, 0.5) is 0 Å². The Morgan fingerprint density at radius 1 is 1.14 bits per heavy atom. The van der Waals surface area contributed by atoms with Gasteiger partial charge in [-0.05, 0) is 36.2 Å². The third-order valence-corrected chi connectivity index (χ3v) is 4.25. The number of rotatable bonds is 3. The quantitative estimate of drug-likeness (QED) is 0.799. The SMILES string of the molecule is c1cnc2c3c(n(CCc4ccncc4)c2c1)CCNC3. The van der Waals surface area contributed by atoms with E-state index < -0.39 is 0 Å². The molecule has 3 aromatic rings. The summed E-state index contributed by atoms with van der Waals surface area (Å²) in [6, 6.07) is 8.41. The largest absolute Gasteiger partial charge is 0.343 e. The highest BCUT2D eigenvalue weighted by Gasteiger charge is 2.20. The number of aromatic nitrogens is 3. The molecule has 0 bridgehead atoms. The second-order valence-corrected chi connectivity index (χ2v) is 5.48. The summed E-state index contributed by atoms with van der Waals surface area (Å²) in [4.78, 5) is 8.68. The highest BCUT2D eigenvalue weighted by atomic mass is 15.0. The first-order valence-electron chi connectivity index (χ1n) is 7.48. The first kappa shape index (κ1) is 12.5. The monoisotopic (exact) mass is 278 g/mol. The third-order valence-electron chi connectivity index (χ3n) is 4.25. The number of nitrogens with zero attached hydrogens (tertiary/aromatic N) is 3. The minimum absolute atomic E-state index is 0.936. The number of hydrogen-bond acceptors (Lipinski definition) is 3. The van der Waals surface area contributed by atoms with Crippen molar-refractivity contribution in [3.05, 3.63) is 59.7 Å². The Morgan fingerprint density at radius 3 is 2.95 bits per heavy atom. The van der Waals surface area contributed by atoms with Crippen LogP contribution in [0.1, 0.15) is 16.8 Å². The summed E-state index contributed by atoms with van der Waals surface area (Å²) in [6.45, 7) is 2.99. The van der Waals surface area contributed by atoms with Gasteiger partial charge in [0.15, 0.2) is 0 Å². The van der Waals surface area contributed by atoms with Crippen molar-refractivity contribution < 1.29 is 0 Å². The Morgan fingerprint density at radius 2 is 2.05 bits per heavy atom. The fourth-order valence-corrected chi connectivity index (χ4v) is 3.23. The Hall–Kier alpha value is -2.20. The van der Waals surface area contributed by atoms with E-state index in [0.29, 0.717) is 0 Å². The molecule has 106 valence electrons. The van der Waals surface area contributed by atoms with E-state index in [1.54, 1.807) is 0 Å². The number of aryl methyl sites for hydroxylation is 2. The van der Waals surface area contributed by atoms with Gasteiger partial charge in [-0.1, -0.05) is 0 Å². The van der Waals surface area contributed by atoms with Crippen molar-refractivity contribution in [1.82, 2.24) is 19.9 Å². The van der Waals surface area contributed by atoms with Gasteiger partial charge >= 0.3 is 0 Å². The molecule has 0 fully saturated rings. The third kappa shape index (κ3) is 2.21. The zero-order valence-corrected chi connectivity index (χ0v) is 11.9. The molecule has 0 radical (unpaired) electrons. The van der Waals surface area contributed by atoms with Crippen LogP contribution in [0.3, 0.4) is 0 Å². The predicted molar refractivity (Wildman–Crippen MR) is 83.1 cm³/mol. The van der Waals surface area contributed by atoms with Gasteiger partial charge in [0.2, 0.25) is 0 Å². The standard InChI is InChI=1S/C17H18N4/c1-2-16-17(20-7-1)14-12-19-10-5-15(14)21(16)11-6-13-3-8-18-9-4-13/h1-4,7-9,19H,5-6,10-12H2. The number of hydrogen-bond donors (Lipinski definition) is 1. The fourth-order valence-electron chi connectivity index (χ4n) is 3.23. The van der Waals surface area contributed by atoms with Crippen LogP contribution >= 0.6 is 0 Å². The summed E-state index contributed by atoms with van der Waals surface area (Å²) in [5, 5.41) is 3.46. The van der Waals surface area contributed by atoms with E-state index in [2.05, 4.69) is 38.1 Å². The fraction of sp³-hybridized carbons (Fsp3) is 0.294. The minimum Gasteiger partial charge on any atom is -0.343 e. The van der Waals surface area contributed by atoms with Gasteiger partial charge in [0.25, 0.3) is 0 Å². The van der Waals surface area contributed by atoms with Crippen molar-refractivity contribution >= 4 is 11.0 Å². The maximum atomic E-state index is 4.60. The smallest absolute Gasteiger partial charge is 0.0928 e. The molecule has 0 amide bonds. The lowest BCUT2D eigenvalue weighted by Gasteiger charge is -2.16. The zero-order chi connectivity index (χ0) is 14.1. The van der Waals surface area contributed by atoms with Gasteiger partial charge in [-0.2, -0.15) is 0 Å². The molecule has 4 heteroatoms. The molecule has 1 N–H and O–H groups in total. The lowest BCUT2D eigenvalue weighted by Crippen LogP contribution is -2.25. The first-order valence-corrected chi connectivity index (χ1v) is 7.48. The maximum absolute atomic E-state index is 4.60. The van der Waals surface area contributed by atoms with Crippen molar-refractivity contribution in [1.29, 1.82) is 0 Å². The molecule has 4 heterocycles. The summed E-state index contributed by atoms with van der Waals surface area (Å²) in [5.74, 6) is 0. The van der Waals surface area contributed by atoms with E-state index in [1.807, 2.05) is 24.7 Å². The molecular weight excluding hydrogens is 260 g/mol. The van der Waals surface area contributed by atoms with E-state index in [9.17, 15) is 0 Å². The van der Waals surface area contributed by atoms with Crippen LogP contribution < -0.4 is 5.32 Å². The van der Waals surface area contributed by atoms with E-state index in [0.717, 1.165) is 38.0 Å². The van der Waals surface area contributed by atoms with Crippen molar-refractivity contribution in [3.63, 3.8) is 0 Å². The summed E-state index contributed by atoms with van der Waals surface area (Å²) in [5.41, 5.74) is 6.59. The highest BCUT2D eigenvalue weighted by Crippen LogP contribution is 2.27. The van der Waals surface area contributed by atoms with Gasteiger partial charge in [-0.15, -0.1) is 0 Å². The van der Waals surface area contributed by atoms with Crippen molar-refractivity contribution in [2.45, 2.75) is 25.9 Å². The summed E-state index contributed by atoms with van der Waals surface area (Å²) in [6.07, 6.45) is 7.74. The van der Waals surface area contributed by atoms with Crippen LogP contribution in [0.2, 0.25) is 0 Å². The van der Waals surface area contributed by atoms with Gasteiger partial charge in [0, 0.05) is 55.9 Å². The van der Waals surface area contributed by atoms with E-state index in [1.165, 1.54) is 22.3 Å². The van der Waals surface area contributed by atoms with Gasteiger partial charge in [0.05, 0.1) is 11.0 Å². The molecule has 21 heavy (non-hydrogen) atoms.